The molecule has 66 valence electrons. The molecule has 0 saturated heterocycles. The number of thioether (sulfide) groups is 1. The molecule has 0 aliphatic carbocycles. The third-order valence-corrected chi connectivity index (χ3v) is 2.92. The topological polar surface area (TPSA) is 20.2 Å². The van der Waals surface area contributed by atoms with Crippen molar-refractivity contribution in [2.75, 3.05) is 12.9 Å². The van der Waals surface area contributed by atoms with Crippen molar-refractivity contribution in [2.24, 2.45) is 0 Å². The van der Waals surface area contributed by atoms with Crippen LogP contribution in [0.1, 0.15) is 17.2 Å². The van der Waals surface area contributed by atoms with Gasteiger partial charge in [-0.3, -0.25) is 0 Å². The molecule has 0 spiro atoms. The summed E-state index contributed by atoms with van der Waals surface area (Å²) >= 11 is 1.79. The molecule has 12 heavy (non-hydrogen) atoms. The van der Waals surface area contributed by atoms with Crippen LogP contribution >= 0.6 is 11.8 Å². The molecule has 1 atom stereocenters. The number of hydrogen-bond donors (Lipinski definition) is 1. The lowest BCUT2D eigenvalue weighted by molar-refractivity contribution is 0.287. The van der Waals surface area contributed by atoms with Crippen molar-refractivity contribution in [3.63, 3.8) is 0 Å². The second-order valence-corrected chi connectivity index (χ2v) is 3.69. The minimum Gasteiger partial charge on any atom is -0.396 e. The van der Waals surface area contributed by atoms with Gasteiger partial charge in [0.05, 0.1) is 0 Å². The first-order valence-electron chi connectivity index (χ1n) is 4.07. The van der Waals surface area contributed by atoms with Crippen molar-refractivity contribution >= 4 is 11.8 Å². The van der Waals surface area contributed by atoms with Gasteiger partial charge in [0.1, 0.15) is 0 Å². The molecule has 0 fully saturated rings. The van der Waals surface area contributed by atoms with E-state index in [2.05, 4.69) is 18.4 Å². The van der Waals surface area contributed by atoms with E-state index in [0.29, 0.717) is 5.25 Å². The minimum absolute atomic E-state index is 0.264. The zero-order valence-electron chi connectivity index (χ0n) is 7.23. The predicted octanol–water partition coefficient (Wildman–Crippen LogP) is 2.47. The smallest absolute Gasteiger partial charge is 0.0444 e. The van der Waals surface area contributed by atoms with E-state index < -0.39 is 0 Å². The van der Waals surface area contributed by atoms with Gasteiger partial charge in [0.25, 0.3) is 0 Å². The van der Waals surface area contributed by atoms with E-state index in [-0.39, 0.29) is 6.61 Å². The fourth-order valence-electron chi connectivity index (χ4n) is 1.21. The minimum atomic E-state index is 0.264. The van der Waals surface area contributed by atoms with Crippen molar-refractivity contribution < 1.29 is 5.11 Å². The van der Waals surface area contributed by atoms with Gasteiger partial charge in [-0.05, 0) is 18.2 Å². The van der Waals surface area contributed by atoms with Crippen LogP contribution in [-0.4, -0.2) is 18.0 Å². The maximum Gasteiger partial charge on any atom is 0.0444 e. The van der Waals surface area contributed by atoms with Crippen LogP contribution in [0.3, 0.4) is 0 Å². The Morgan fingerprint density at radius 1 is 1.33 bits per heavy atom. The number of hydrogen-bond acceptors (Lipinski definition) is 2. The van der Waals surface area contributed by atoms with Gasteiger partial charge in [0.15, 0.2) is 0 Å². The molecule has 0 unspecified atom stereocenters. The molecule has 0 saturated carbocycles. The Morgan fingerprint density at radius 3 is 2.50 bits per heavy atom. The Hall–Kier alpha value is -0.470. The SMILES string of the molecule is CS[C@@H](CCO)c1ccccc1. The monoisotopic (exact) mass is 182 g/mol. The molecule has 0 aliphatic rings. The van der Waals surface area contributed by atoms with Crippen molar-refractivity contribution in [1.82, 2.24) is 0 Å². The summed E-state index contributed by atoms with van der Waals surface area (Å²) in [4.78, 5) is 0. The highest BCUT2D eigenvalue weighted by Crippen LogP contribution is 2.28. The molecule has 1 aromatic carbocycles. The Bertz CT molecular complexity index is 210. The summed E-state index contributed by atoms with van der Waals surface area (Å²) in [5, 5.41) is 9.26. The van der Waals surface area contributed by atoms with Gasteiger partial charge in [-0.25, -0.2) is 0 Å². The number of aliphatic hydroxyl groups excluding tert-OH is 1. The van der Waals surface area contributed by atoms with Gasteiger partial charge in [0, 0.05) is 11.9 Å². The normalized spacial score (nSPS) is 12.8. The molecular weight excluding hydrogens is 168 g/mol. The van der Waals surface area contributed by atoms with E-state index >= 15 is 0 Å². The predicted molar refractivity (Wildman–Crippen MR) is 54.4 cm³/mol. The van der Waals surface area contributed by atoms with Crippen LogP contribution in [0.25, 0.3) is 0 Å². The zero-order chi connectivity index (χ0) is 8.81. The number of rotatable bonds is 4. The molecule has 0 radical (unpaired) electrons. The van der Waals surface area contributed by atoms with Gasteiger partial charge in [-0.15, -0.1) is 0 Å². The first kappa shape index (κ1) is 9.62. The van der Waals surface area contributed by atoms with Crippen molar-refractivity contribution in [2.45, 2.75) is 11.7 Å². The zero-order valence-corrected chi connectivity index (χ0v) is 8.05. The van der Waals surface area contributed by atoms with Crippen LogP contribution in [-0.2, 0) is 0 Å². The van der Waals surface area contributed by atoms with Crippen LogP contribution in [0.5, 0.6) is 0 Å². The summed E-state index contributed by atoms with van der Waals surface area (Å²) in [5.41, 5.74) is 1.30. The molecule has 1 N–H and O–H groups in total. The Labute approximate surface area is 77.8 Å². The van der Waals surface area contributed by atoms with Crippen molar-refractivity contribution in [1.29, 1.82) is 0 Å². The number of benzene rings is 1. The van der Waals surface area contributed by atoms with Gasteiger partial charge >= 0.3 is 0 Å². The Morgan fingerprint density at radius 2 is 2.00 bits per heavy atom. The lowest BCUT2D eigenvalue weighted by atomic mass is 10.1. The average Bonchev–Trinajstić information content (AvgIpc) is 2.15. The van der Waals surface area contributed by atoms with E-state index in [1.54, 1.807) is 11.8 Å². The maximum absolute atomic E-state index is 8.82. The quantitative estimate of drug-likeness (QED) is 0.772. The highest BCUT2D eigenvalue weighted by Gasteiger charge is 2.07. The summed E-state index contributed by atoms with van der Waals surface area (Å²) < 4.78 is 0. The average molecular weight is 182 g/mol. The molecule has 1 nitrogen and oxygen atoms in total. The van der Waals surface area contributed by atoms with E-state index in [1.165, 1.54) is 5.56 Å². The summed E-state index contributed by atoms with van der Waals surface area (Å²) in [6.07, 6.45) is 2.92. The van der Waals surface area contributed by atoms with Gasteiger partial charge in [0.2, 0.25) is 0 Å². The van der Waals surface area contributed by atoms with E-state index in [9.17, 15) is 0 Å². The van der Waals surface area contributed by atoms with E-state index in [0.717, 1.165) is 6.42 Å². The highest BCUT2D eigenvalue weighted by molar-refractivity contribution is 7.98. The second kappa shape index (κ2) is 5.22. The maximum atomic E-state index is 8.82. The van der Waals surface area contributed by atoms with E-state index in [1.807, 2.05) is 18.2 Å². The molecule has 0 heterocycles. The van der Waals surface area contributed by atoms with Gasteiger partial charge in [-0.1, -0.05) is 30.3 Å². The summed E-state index contributed by atoms with van der Waals surface area (Å²) in [7, 11) is 0. The van der Waals surface area contributed by atoms with Gasteiger partial charge < -0.3 is 5.11 Å². The Kier molecular flexibility index (Phi) is 4.19. The first-order chi connectivity index (χ1) is 5.88. The van der Waals surface area contributed by atoms with Crippen LogP contribution in [0.2, 0.25) is 0 Å². The van der Waals surface area contributed by atoms with Crippen molar-refractivity contribution in [3.05, 3.63) is 35.9 Å². The Balaban J connectivity index is 2.66. The largest absolute Gasteiger partial charge is 0.396 e. The van der Waals surface area contributed by atoms with Crippen molar-refractivity contribution in [3.8, 4) is 0 Å². The van der Waals surface area contributed by atoms with E-state index in [4.69, 9.17) is 5.11 Å². The van der Waals surface area contributed by atoms with Crippen LogP contribution < -0.4 is 0 Å². The molecule has 0 aromatic heterocycles. The summed E-state index contributed by atoms with van der Waals surface area (Å²) in [5.74, 6) is 0. The highest BCUT2D eigenvalue weighted by atomic mass is 32.2. The summed E-state index contributed by atoms with van der Waals surface area (Å²) in [6.45, 7) is 0.264. The molecule has 0 aliphatic heterocycles. The standard InChI is InChI=1S/C10H14OS/c1-12-10(7-8-11)9-5-3-2-4-6-9/h2-6,10-11H,7-8H2,1H3/t10-/m0/s1. The van der Waals surface area contributed by atoms with Crippen LogP contribution in [0.4, 0.5) is 0 Å². The third kappa shape index (κ3) is 2.54. The molecular formula is C10H14OS. The molecule has 2 heteroatoms. The lowest BCUT2D eigenvalue weighted by Crippen LogP contribution is -1.96. The lowest BCUT2D eigenvalue weighted by Gasteiger charge is -2.12. The third-order valence-electron chi connectivity index (χ3n) is 1.85. The summed E-state index contributed by atoms with van der Waals surface area (Å²) in [6, 6.07) is 10.3. The fraction of sp³-hybridized carbons (Fsp3) is 0.400. The fourth-order valence-corrected chi connectivity index (χ4v) is 1.98. The molecule has 0 amide bonds. The number of aliphatic hydroxyl groups is 1. The molecule has 1 rings (SSSR count). The molecule has 1 aromatic rings. The van der Waals surface area contributed by atoms with Crippen LogP contribution in [0, 0.1) is 0 Å². The first-order valence-corrected chi connectivity index (χ1v) is 5.36. The second-order valence-electron chi connectivity index (χ2n) is 2.65. The van der Waals surface area contributed by atoms with Gasteiger partial charge in [-0.2, -0.15) is 11.8 Å². The van der Waals surface area contributed by atoms with Crippen LogP contribution in [0.15, 0.2) is 30.3 Å². The molecule has 0 bridgehead atoms.